The van der Waals surface area contributed by atoms with Gasteiger partial charge in [-0.2, -0.15) is 0 Å². The largest absolute Gasteiger partial charge is 0.277 e. The van der Waals surface area contributed by atoms with Crippen molar-refractivity contribution < 1.29 is 9.63 Å². The Balaban J connectivity index is 2.81. The van der Waals surface area contributed by atoms with Gasteiger partial charge in [0.25, 0.3) is 0 Å². The Morgan fingerprint density at radius 1 is 1.00 bits per heavy atom. The summed E-state index contributed by atoms with van der Waals surface area (Å²) in [6, 6.07) is 0. The van der Waals surface area contributed by atoms with Gasteiger partial charge in [0, 0.05) is 0 Å². The molecule has 0 aromatic heterocycles. The lowest BCUT2D eigenvalue weighted by Crippen LogP contribution is -2.12. The standard InChI is InChI=1S/C11H23NO2/c1-2-3-4-5-6-7-8-9-10-14-12-11-13/h11H,2-10H2,1H3,(H,12,13). The maximum absolute atomic E-state index is 9.80. The number of carbonyl (C=O) groups excluding carboxylic acids is 1. The van der Waals surface area contributed by atoms with Crippen molar-refractivity contribution in [3.05, 3.63) is 0 Å². The summed E-state index contributed by atoms with van der Waals surface area (Å²) in [5, 5.41) is 0. The Kier molecular flexibility index (Phi) is 11.9. The minimum absolute atomic E-state index is 0.560. The number of hydroxylamine groups is 1. The molecular weight excluding hydrogens is 178 g/mol. The molecule has 84 valence electrons. The molecule has 0 aliphatic carbocycles. The van der Waals surface area contributed by atoms with E-state index in [1.54, 1.807) is 0 Å². The first-order chi connectivity index (χ1) is 6.91. The van der Waals surface area contributed by atoms with Crippen LogP contribution in [0.3, 0.4) is 0 Å². The first kappa shape index (κ1) is 13.4. The second-order valence-electron chi connectivity index (χ2n) is 3.56. The van der Waals surface area contributed by atoms with Crippen LogP contribution >= 0.6 is 0 Å². The van der Waals surface area contributed by atoms with E-state index in [9.17, 15) is 4.79 Å². The van der Waals surface area contributed by atoms with Crippen LogP contribution in [-0.4, -0.2) is 13.0 Å². The molecule has 0 saturated heterocycles. The molecule has 0 aliphatic rings. The van der Waals surface area contributed by atoms with Crippen LogP contribution in [0.25, 0.3) is 0 Å². The van der Waals surface area contributed by atoms with Crippen molar-refractivity contribution >= 4 is 6.41 Å². The number of amides is 1. The second kappa shape index (κ2) is 12.4. The van der Waals surface area contributed by atoms with E-state index < -0.39 is 0 Å². The lowest BCUT2D eigenvalue weighted by atomic mass is 10.1. The normalized spacial score (nSPS) is 10.1. The van der Waals surface area contributed by atoms with Crippen LogP contribution in [0.1, 0.15) is 58.3 Å². The maximum Gasteiger partial charge on any atom is 0.230 e. The van der Waals surface area contributed by atoms with Crippen LogP contribution < -0.4 is 5.48 Å². The van der Waals surface area contributed by atoms with Gasteiger partial charge in [0.05, 0.1) is 6.61 Å². The zero-order valence-electron chi connectivity index (χ0n) is 9.26. The van der Waals surface area contributed by atoms with Crippen LogP contribution in [0.2, 0.25) is 0 Å². The van der Waals surface area contributed by atoms with Crippen molar-refractivity contribution in [3.63, 3.8) is 0 Å². The molecule has 0 spiro atoms. The molecule has 0 fully saturated rings. The average Bonchev–Trinajstić information content (AvgIpc) is 2.21. The SMILES string of the molecule is CCCCCCCCCCONC=O. The van der Waals surface area contributed by atoms with Gasteiger partial charge >= 0.3 is 0 Å². The molecule has 3 heteroatoms. The molecule has 3 nitrogen and oxygen atoms in total. The van der Waals surface area contributed by atoms with Gasteiger partial charge in [-0.3, -0.25) is 9.63 Å². The fourth-order valence-electron chi connectivity index (χ4n) is 1.40. The van der Waals surface area contributed by atoms with Crippen molar-refractivity contribution in [2.75, 3.05) is 6.61 Å². The molecule has 14 heavy (non-hydrogen) atoms. The first-order valence-corrected chi connectivity index (χ1v) is 5.72. The van der Waals surface area contributed by atoms with E-state index in [0.717, 1.165) is 6.42 Å². The molecule has 0 unspecified atom stereocenters. The van der Waals surface area contributed by atoms with Gasteiger partial charge in [-0.05, 0) is 6.42 Å². The number of hydrogen-bond acceptors (Lipinski definition) is 2. The maximum atomic E-state index is 9.80. The number of rotatable bonds is 11. The Morgan fingerprint density at radius 3 is 2.14 bits per heavy atom. The summed E-state index contributed by atoms with van der Waals surface area (Å²) in [5.74, 6) is 0. The van der Waals surface area contributed by atoms with Crippen molar-refractivity contribution in [1.29, 1.82) is 0 Å². The monoisotopic (exact) mass is 201 g/mol. The smallest absolute Gasteiger partial charge is 0.230 e. The summed E-state index contributed by atoms with van der Waals surface area (Å²) in [7, 11) is 0. The summed E-state index contributed by atoms with van der Waals surface area (Å²) in [5.41, 5.74) is 2.19. The molecule has 1 amide bonds. The fourth-order valence-corrected chi connectivity index (χ4v) is 1.40. The van der Waals surface area contributed by atoms with Crippen LogP contribution in [0.5, 0.6) is 0 Å². The van der Waals surface area contributed by atoms with Crippen molar-refractivity contribution in [2.45, 2.75) is 58.3 Å². The molecule has 0 rings (SSSR count). The molecular formula is C11H23NO2. The van der Waals surface area contributed by atoms with E-state index in [4.69, 9.17) is 4.84 Å². The van der Waals surface area contributed by atoms with Crippen molar-refractivity contribution in [1.82, 2.24) is 5.48 Å². The molecule has 0 atom stereocenters. The third-order valence-electron chi connectivity index (χ3n) is 2.23. The summed E-state index contributed by atoms with van der Waals surface area (Å²) in [6.07, 6.45) is 10.8. The molecule has 1 N–H and O–H groups in total. The molecule has 0 saturated carbocycles. The minimum Gasteiger partial charge on any atom is -0.277 e. The van der Waals surface area contributed by atoms with E-state index in [1.807, 2.05) is 0 Å². The van der Waals surface area contributed by atoms with Gasteiger partial charge in [0.1, 0.15) is 0 Å². The lowest BCUT2D eigenvalue weighted by Gasteiger charge is -2.01. The Labute approximate surface area is 87.2 Å². The van der Waals surface area contributed by atoms with E-state index in [2.05, 4.69) is 12.4 Å². The van der Waals surface area contributed by atoms with Crippen molar-refractivity contribution in [2.24, 2.45) is 0 Å². The molecule has 0 bridgehead atoms. The molecule has 0 heterocycles. The Morgan fingerprint density at radius 2 is 1.57 bits per heavy atom. The highest BCUT2D eigenvalue weighted by molar-refractivity contribution is 5.43. The highest BCUT2D eigenvalue weighted by Gasteiger charge is 1.91. The predicted octanol–water partition coefficient (Wildman–Crippen LogP) is 2.80. The van der Waals surface area contributed by atoms with Crippen LogP contribution in [-0.2, 0) is 9.63 Å². The number of carbonyl (C=O) groups is 1. The summed E-state index contributed by atoms with van der Waals surface area (Å²) < 4.78 is 0. The van der Waals surface area contributed by atoms with Gasteiger partial charge in [-0.1, -0.05) is 51.9 Å². The predicted molar refractivity (Wildman–Crippen MR) is 57.8 cm³/mol. The molecule has 0 aromatic carbocycles. The van der Waals surface area contributed by atoms with E-state index in [-0.39, 0.29) is 0 Å². The average molecular weight is 201 g/mol. The highest BCUT2D eigenvalue weighted by Crippen LogP contribution is 2.07. The van der Waals surface area contributed by atoms with Gasteiger partial charge in [-0.25, -0.2) is 5.48 Å². The Hall–Kier alpha value is -0.570. The first-order valence-electron chi connectivity index (χ1n) is 5.72. The van der Waals surface area contributed by atoms with Crippen LogP contribution in [0.4, 0.5) is 0 Å². The van der Waals surface area contributed by atoms with E-state index >= 15 is 0 Å². The van der Waals surface area contributed by atoms with Gasteiger partial charge < -0.3 is 0 Å². The summed E-state index contributed by atoms with van der Waals surface area (Å²) >= 11 is 0. The minimum atomic E-state index is 0.560. The number of hydrogen-bond donors (Lipinski definition) is 1. The second-order valence-corrected chi connectivity index (χ2v) is 3.56. The van der Waals surface area contributed by atoms with Crippen LogP contribution in [0.15, 0.2) is 0 Å². The zero-order valence-corrected chi connectivity index (χ0v) is 9.26. The topological polar surface area (TPSA) is 38.3 Å². The van der Waals surface area contributed by atoms with E-state index in [1.165, 1.54) is 44.9 Å². The van der Waals surface area contributed by atoms with E-state index in [0.29, 0.717) is 13.0 Å². The van der Waals surface area contributed by atoms with Gasteiger partial charge in [0.15, 0.2) is 0 Å². The quantitative estimate of drug-likeness (QED) is 0.317. The fraction of sp³-hybridized carbons (Fsp3) is 0.909. The van der Waals surface area contributed by atoms with Gasteiger partial charge in [-0.15, -0.1) is 0 Å². The van der Waals surface area contributed by atoms with Crippen molar-refractivity contribution in [3.8, 4) is 0 Å². The summed E-state index contributed by atoms with van der Waals surface area (Å²) in [4.78, 5) is 14.6. The third kappa shape index (κ3) is 11.4. The lowest BCUT2D eigenvalue weighted by molar-refractivity contribution is -0.120. The molecule has 0 radical (unpaired) electrons. The third-order valence-corrected chi connectivity index (χ3v) is 2.23. The molecule has 0 aromatic rings. The summed E-state index contributed by atoms with van der Waals surface area (Å²) in [6.45, 7) is 2.87. The highest BCUT2D eigenvalue weighted by atomic mass is 16.6. The number of nitrogens with one attached hydrogen (secondary N) is 1. The Bertz CT molecular complexity index is 118. The zero-order chi connectivity index (χ0) is 10.5. The molecule has 0 aliphatic heterocycles. The van der Waals surface area contributed by atoms with Gasteiger partial charge in [0.2, 0.25) is 6.41 Å². The number of unbranched alkanes of at least 4 members (excludes halogenated alkanes) is 7. The van der Waals surface area contributed by atoms with Crippen LogP contribution in [0, 0.1) is 0 Å².